The van der Waals surface area contributed by atoms with E-state index in [1.807, 2.05) is 12.1 Å². The van der Waals surface area contributed by atoms with Gasteiger partial charge in [-0.15, -0.1) is 11.3 Å². The average molecular weight is 311 g/mol. The Bertz CT molecular complexity index is 528. The first-order valence-corrected chi connectivity index (χ1v) is 7.75. The molecule has 1 aromatic heterocycles. The Balaban J connectivity index is 1.88. The van der Waals surface area contributed by atoms with E-state index in [0.717, 1.165) is 12.0 Å². The fraction of sp³-hybridized carbons (Fsp3) is 0.375. The van der Waals surface area contributed by atoms with Crippen molar-refractivity contribution in [3.8, 4) is 5.75 Å². The molecule has 2 unspecified atom stereocenters. The lowest BCUT2D eigenvalue weighted by Gasteiger charge is -2.20. The molecule has 2 aromatic rings. The van der Waals surface area contributed by atoms with Gasteiger partial charge in [-0.1, -0.05) is 18.2 Å². The second-order valence-electron chi connectivity index (χ2n) is 5.02. The third-order valence-electron chi connectivity index (χ3n) is 3.23. The summed E-state index contributed by atoms with van der Waals surface area (Å²) in [5, 5.41) is 5.59. The highest BCUT2D eigenvalue weighted by Crippen LogP contribution is 2.20. The van der Waals surface area contributed by atoms with Gasteiger partial charge in [0, 0.05) is 17.0 Å². The summed E-state index contributed by atoms with van der Waals surface area (Å²) in [6.45, 7) is 1.43. The van der Waals surface area contributed by atoms with Crippen molar-refractivity contribution in [3.05, 3.63) is 52.2 Å². The fourth-order valence-corrected chi connectivity index (χ4v) is 3.09. The molecule has 21 heavy (non-hydrogen) atoms. The molecule has 0 aliphatic carbocycles. The van der Waals surface area contributed by atoms with E-state index in [-0.39, 0.29) is 11.8 Å². The van der Waals surface area contributed by atoms with Gasteiger partial charge in [-0.3, -0.25) is 0 Å². The Labute approximate surface area is 127 Å². The lowest BCUT2D eigenvalue weighted by atomic mass is 10.1. The van der Waals surface area contributed by atoms with Gasteiger partial charge in [-0.05, 0) is 49.4 Å². The van der Waals surface area contributed by atoms with Crippen LogP contribution in [0.15, 0.2) is 41.8 Å². The SMILES string of the molecule is CC(Cc1cccs1)NC(C)c1ccc(OC(F)F)cc1. The molecule has 0 saturated heterocycles. The lowest BCUT2D eigenvalue weighted by Crippen LogP contribution is -2.30. The maximum atomic E-state index is 12.1. The number of halogens is 2. The predicted octanol–water partition coefficient (Wildman–Crippen LogP) is 4.63. The Kier molecular flexibility index (Phi) is 5.70. The van der Waals surface area contributed by atoms with E-state index in [9.17, 15) is 8.78 Å². The summed E-state index contributed by atoms with van der Waals surface area (Å²) < 4.78 is 28.5. The lowest BCUT2D eigenvalue weighted by molar-refractivity contribution is -0.0498. The van der Waals surface area contributed by atoms with Gasteiger partial charge in [0.05, 0.1) is 0 Å². The number of hydrogen-bond acceptors (Lipinski definition) is 3. The van der Waals surface area contributed by atoms with Crippen LogP contribution in [0.4, 0.5) is 8.78 Å². The van der Waals surface area contributed by atoms with Crippen molar-refractivity contribution in [1.29, 1.82) is 0 Å². The minimum Gasteiger partial charge on any atom is -0.435 e. The van der Waals surface area contributed by atoms with Gasteiger partial charge in [-0.25, -0.2) is 0 Å². The molecule has 0 radical (unpaired) electrons. The van der Waals surface area contributed by atoms with Gasteiger partial charge in [0.2, 0.25) is 0 Å². The molecule has 2 atom stereocenters. The number of rotatable bonds is 7. The highest BCUT2D eigenvalue weighted by molar-refractivity contribution is 7.09. The van der Waals surface area contributed by atoms with E-state index >= 15 is 0 Å². The standard InChI is InChI=1S/C16H19F2NOS/c1-11(10-15-4-3-9-21-15)19-12(2)13-5-7-14(8-6-13)20-16(17)18/h3-9,11-12,16,19H,10H2,1-2H3. The molecule has 0 spiro atoms. The van der Waals surface area contributed by atoms with Gasteiger partial charge >= 0.3 is 6.61 Å². The van der Waals surface area contributed by atoms with E-state index in [2.05, 4.69) is 41.4 Å². The van der Waals surface area contributed by atoms with Crippen LogP contribution in [-0.2, 0) is 6.42 Å². The highest BCUT2D eigenvalue weighted by atomic mass is 32.1. The third kappa shape index (κ3) is 5.10. The molecular weight excluding hydrogens is 292 g/mol. The predicted molar refractivity (Wildman–Crippen MR) is 82.1 cm³/mol. The van der Waals surface area contributed by atoms with Gasteiger partial charge in [-0.2, -0.15) is 8.78 Å². The molecule has 2 rings (SSSR count). The maximum Gasteiger partial charge on any atom is 0.387 e. The van der Waals surface area contributed by atoms with E-state index in [4.69, 9.17) is 0 Å². The van der Waals surface area contributed by atoms with Gasteiger partial charge < -0.3 is 10.1 Å². The van der Waals surface area contributed by atoms with E-state index in [1.54, 1.807) is 23.5 Å². The van der Waals surface area contributed by atoms with Gasteiger partial charge in [0.15, 0.2) is 0 Å². The van der Waals surface area contributed by atoms with Crippen molar-refractivity contribution < 1.29 is 13.5 Å². The number of nitrogens with one attached hydrogen (secondary N) is 1. The normalized spacial score (nSPS) is 14.1. The zero-order valence-electron chi connectivity index (χ0n) is 12.1. The van der Waals surface area contributed by atoms with Gasteiger partial charge in [0.25, 0.3) is 0 Å². The van der Waals surface area contributed by atoms with Crippen molar-refractivity contribution in [2.24, 2.45) is 0 Å². The monoisotopic (exact) mass is 311 g/mol. The van der Waals surface area contributed by atoms with Crippen molar-refractivity contribution >= 4 is 11.3 Å². The van der Waals surface area contributed by atoms with Crippen molar-refractivity contribution in [3.63, 3.8) is 0 Å². The smallest absolute Gasteiger partial charge is 0.387 e. The maximum absolute atomic E-state index is 12.1. The van der Waals surface area contributed by atoms with E-state index < -0.39 is 6.61 Å². The molecule has 0 aliphatic heterocycles. The molecule has 2 nitrogen and oxygen atoms in total. The van der Waals surface area contributed by atoms with Crippen LogP contribution in [0.5, 0.6) is 5.75 Å². The van der Waals surface area contributed by atoms with Crippen molar-refractivity contribution in [2.45, 2.75) is 39.0 Å². The number of alkyl halides is 2. The second-order valence-corrected chi connectivity index (χ2v) is 6.05. The summed E-state index contributed by atoms with van der Waals surface area (Å²) in [6, 6.07) is 11.5. The van der Waals surface area contributed by atoms with Crippen molar-refractivity contribution in [2.75, 3.05) is 0 Å². The van der Waals surface area contributed by atoms with Crippen LogP contribution < -0.4 is 10.1 Å². The summed E-state index contributed by atoms with van der Waals surface area (Å²) in [5.41, 5.74) is 1.05. The quantitative estimate of drug-likeness (QED) is 0.805. The molecule has 0 aliphatic rings. The first kappa shape index (κ1) is 15.9. The molecule has 0 fully saturated rings. The topological polar surface area (TPSA) is 21.3 Å². The molecule has 1 N–H and O–H groups in total. The molecule has 1 heterocycles. The Morgan fingerprint density at radius 2 is 1.86 bits per heavy atom. The Hall–Kier alpha value is -1.46. The number of hydrogen-bond donors (Lipinski definition) is 1. The molecule has 5 heteroatoms. The first-order valence-electron chi connectivity index (χ1n) is 6.88. The Morgan fingerprint density at radius 1 is 1.14 bits per heavy atom. The average Bonchev–Trinajstić information content (AvgIpc) is 2.91. The number of benzene rings is 1. The summed E-state index contributed by atoms with van der Waals surface area (Å²) in [6.07, 6.45) is 0.981. The Morgan fingerprint density at radius 3 is 2.43 bits per heavy atom. The third-order valence-corrected chi connectivity index (χ3v) is 4.13. The molecule has 1 aromatic carbocycles. The fourth-order valence-electron chi connectivity index (χ4n) is 2.25. The minimum atomic E-state index is -2.78. The molecule has 0 saturated carbocycles. The largest absolute Gasteiger partial charge is 0.435 e. The molecule has 0 amide bonds. The summed E-state index contributed by atoms with van der Waals surface area (Å²) in [7, 11) is 0. The second kappa shape index (κ2) is 7.52. The van der Waals surface area contributed by atoms with Crippen LogP contribution in [0, 0.1) is 0 Å². The molecular formula is C16H19F2NOS. The van der Waals surface area contributed by atoms with Crippen LogP contribution in [-0.4, -0.2) is 12.7 Å². The van der Waals surface area contributed by atoms with Crippen LogP contribution in [0.25, 0.3) is 0 Å². The number of thiophene rings is 1. The van der Waals surface area contributed by atoms with Crippen LogP contribution in [0.2, 0.25) is 0 Å². The molecule has 0 bridgehead atoms. The van der Waals surface area contributed by atoms with E-state index in [1.165, 1.54) is 4.88 Å². The first-order chi connectivity index (χ1) is 10.0. The minimum absolute atomic E-state index is 0.153. The van der Waals surface area contributed by atoms with Crippen molar-refractivity contribution in [1.82, 2.24) is 5.32 Å². The zero-order chi connectivity index (χ0) is 15.2. The zero-order valence-corrected chi connectivity index (χ0v) is 12.9. The van der Waals surface area contributed by atoms with Crippen LogP contribution >= 0.6 is 11.3 Å². The molecule has 114 valence electrons. The van der Waals surface area contributed by atoms with Crippen LogP contribution in [0.1, 0.15) is 30.3 Å². The summed E-state index contributed by atoms with van der Waals surface area (Å²) >= 11 is 1.75. The highest BCUT2D eigenvalue weighted by Gasteiger charge is 2.11. The summed E-state index contributed by atoms with van der Waals surface area (Å²) in [4.78, 5) is 1.35. The van der Waals surface area contributed by atoms with Gasteiger partial charge in [0.1, 0.15) is 5.75 Å². The van der Waals surface area contributed by atoms with E-state index in [0.29, 0.717) is 6.04 Å². The van der Waals surface area contributed by atoms with Crippen LogP contribution in [0.3, 0.4) is 0 Å². The summed E-state index contributed by atoms with van der Waals surface area (Å²) in [5.74, 6) is 0.188. The number of ether oxygens (including phenoxy) is 1.